The summed E-state index contributed by atoms with van der Waals surface area (Å²) in [6, 6.07) is 59.2. The summed E-state index contributed by atoms with van der Waals surface area (Å²) in [6.07, 6.45) is 1.87. The van der Waals surface area contributed by atoms with Crippen molar-refractivity contribution in [3.63, 3.8) is 0 Å². The van der Waals surface area contributed by atoms with Crippen molar-refractivity contribution in [1.29, 1.82) is 0 Å². The molecule has 9 aromatic rings. The van der Waals surface area contributed by atoms with E-state index in [1.165, 1.54) is 38.6 Å². The van der Waals surface area contributed by atoms with Crippen LogP contribution < -0.4 is 4.74 Å². The second-order valence-corrected chi connectivity index (χ2v) is 13.1. The van der Waals surface area contributed by atoms with Gasteiger partial charge in [0.2, 0.25) is 0 Å². The largest absolute Gasteiger partial charge is 0.456 e. The van der Waals surface area contributed by atoms with Crippen LogP contribution in [0.4, 0.5) is 0 Å². The van der Waals surface area contributed by atoms with Crippen LogP contribution in [0.1, 0.15) is 22.3 Å². The van der Waals surface area contributed by atoms with Crippen molar-refractivity contribution in [1.82, 2.24) is 9.55 Å². The molecular formula is C46H28N2O. The molecule has 0 N–H and O–H groups in total. The van der Waals surface area contributed by atoms with Crippen molar-refractivity contribution in [3.05, 3.63) is 192 Å². The maximum absolute atomic E-state index is 7.00. The van der Waals surface area contributed by atoms with Gasteiger partial charge in [0.15, 0.2) is 0 Å². The molecule has 1 atom stereocenters. The van der Waals surface area contributed by atoms with E-state index in [2.05, 4.69) is 162 Å². The highest BCUT2D eigenvalue weighted by atomic mass is 16.5. The number of fused-ring (bicyclic) bond motifs is 12. The maximum atomic E-state index is 7.00. The van der Waals surface area contributed by atoms with Gasteiger partial charge in [-0.15, -0.1) is 0 Å². The van der Waals surface area contributed by atoms with E-state index < -0.39 is 5.41 Å². The highest BCUT2D eigenvalue weighted by molar-refractivity contribution is 6.12. The Morgan fingerprint density at radius 3 is 2.06 bits per heavy atom. The van der Waals surface area contributed by atoms with Crippen molar-refractivity contribution in [2.45, 2.75) is 5.41 Å². The number of ether oxygens (including phenoxy) is 1. The lowest BCUT2D eigenvalue weighted by Gasteiger charge is -2.45. The topological polar surface area (TPSA) is 27.1 Å². The second kappa shape index (κ2) is 9.79. The third-order valence-electron chi connectivity index (χ3n) is 10.7. The predicted molar refractivity (Wildman–Crippen MR) is 199 cm³/mol. The molecule has 0 bridgehead atoms. The molecule has 49 heavy (non-hydrogen) atoms. The van der Waals surface area contributed by atoms with Crippen molar-refractivity contribution in [2.75, 3.05) is 0 Å². The molecule has 11 rings (SSSR count). The molecule has 1 unspecified atom stereocenters. The van der Waals surface area contributed by atoms with Crippen LogP contribution in [0.3, 0.4) is 0 Å². The molecule has 0 fully saturated rings. The van der Waals surface area contributed by atoms with Crippen molar-refractivity contribution in [3.8, 4) is 39.4 Å². The van der Waals surface area contributed by atoms with Gasteiger partial charge in [-0.05, 0) is 46.5 Å². The van der Waals surface area contributed by atoms with Gasteiger partial charge in [-0.2, -0.15) is 0 Å². The number of benzene rings is 7. The normalized spacial score (nSPS) is 15.6. The smallest absolute Gasteiger partial charge is 0.140 e. The fraction of sp³-hybridized carbons (Fsp3) is 0.0217. The van der Waals surface area contributed by atoms with Crippen LogP contribution in [0.15, 0.2) is 170 Å². The lowest BCUT2D eigenvalue weighted by molar-refractivity contribution is 0.435. The van der Waals surface area contributed by atoms with Gasteiger partial charge in [-0.25, -0.2) is 0 Å². The number of nitrogens with zero attached hydrogens (tertiary/aromatic N) is 2. The lowest BCUT2D eigenvalue weighted by Crippen LogP contribution is -2.37. The van der Waals surface area contributed by atoms with Crippen LogP contribution in [0.2, 0.25) is 0 Å². The molecule has 228 valence electrons. The fourth-order valence-electron chi connectivity index (χ4n) is 8.74. The zero-order chi connectivity index (χ0) is 32.1. The van der Waals surface area contributed by atoms with Gasteiger partial charge < -0.3 is 9.30 Å². The molecule has 2 aliphatic heterocycles. The summed E-state index contributed by atoms with van der Waals surface area (Å²) in [6.45, 7) is 0. The van der Waals surface area contributed by atoms with Crippen LogP contribution >= 0.6 is 0 Å². The summed E-state index contributed by atoms with van der Waals surface area (Å²) < 4.78 is 9.48. The third-order valence-corrected chi connectivity index (χ3v) is 10.7. The molecule has 0 amide bonds. The minimum atomic E-state index is -0.588. The van der Waals surface area contributed by atoms with E-state index in [-0.39, 0.29) is 0 Å². The van der Waals surface area contributed by atoms with E-state index in [1.807, 2.05) is 12.3 Å². The molecule has 3 heteroatoms. The second-order valence-electron chi connectivity index (χ2n) is 13.1. The van der Waals surface area contributed by atoms with Gasteiger partial charge in [0.05, 0.1) is 27.7 Å². The Morgan fingerprint density at radius 1 is 0.490 bits per heavy atom. The van der Waals surface area contributed by atoms with Gasteiger partial charge >= 0.3 is 0 Å². The van der Waals surface area contributed by atoms with Crippen LogP contribution in [-0.2, 0) is 5.41 Å². The Hall–Kier alpha value is -6.45. The molecule has 0 saturated carbocycles. The Balaban J connectivity index is 1.19. The summed E-state index contributed by atoms with van der Waals surface area (Å²) in [5, 5.41) is 3.67. The van der Waals surface area contributed by atoms with Crippen molar-refractivity contribution in [2.24, 2.45) is 0 Å². The quantitative estimate of drug-likeness (QED) is 0.191. The number of hydrogen-bond donors (Lipinski definition) is 0. The van der Waals surface area contributed by atoms with Crippen LogP contribution in [0, 0.1) is 0 Å². The van der Waals surface area contributed by atoms with Gasteiger partial charge in [-0.3, -0.25) is 4.98 Å². The Kier molecular flexibility index (Phi) is 5.31. The molecule has 2 aromatic heterocycles. The zero-order valence-corrected chi connectivity index (χ0v) is 26.5. The first-order valence-electron chi connectivity index (χ1n) is 16.8. The van der Waals surface area contributed by atoms with Crippen LogP contribution in [0.25, 0.3) is 60.6 Å². The average Bonchev–Trinajstić information content (AvgIpc) is 3.51. The number of hydrogen-bond acceptors (Lipinski definition) is 2. The number of rotatable bonds is 2. The summed E-state index contributed by atoms with van der Waals surface area (Å²) in [4.78, 5) is 4.71. The summed E-state index contributed by atoms with van der Waals surface area (Å²) in [7, 11) is 0. The van der Waals surface area contributed by atoms with E-state index in [9.17, 15) is 0 Å². The number of aromatic nitrogens is 2. The van der Waals surface area contributed by atoms with Crippen LogP contribution in [0.5, 0.6) is 11.5 Å². The molecular weight excluding hydrogens is 597 g/mol. The molecule has 3 nitrogen and oxygen atoms in total. The number of para-hydroxylation sites is 6. The minimum Gasteiger partial charge on any atom is -0.456 e. The van der Waals surface area contributed by atoms with Gasteiger partial charge in [0.25, 0.3) is 0 Å². The number of pyridine rings is 1. The van der Waals surface area contributed by atoms with Crippen molar-refractivity contribution >= 4 is 32.7 Å². The molecule has 0 radical (unpaired) electrons. The summed E-state index contributed by atoms with van der Waals surface area (Å²) >= 11 is 0. The Morgan fingerprint density at radius 2 is 1.14 bits per heavy atom. The first kappa shape index (κ1) is 26.6. The lowest BCUT2D eigenvalue weighted by atomic mass is 9.61. The Bertz CT molecular complexity index is 2800. The maximum Gasteiger partial charge on any atom is 0.140 e. The predicted octanol–water partition coefficient (Wildman–Crippen LogP) is 11.5. The molecule has 2 aliphatic rings. The third kappa shape index (κ3) is 3.44. The zero-order valence-electron chi connectivity index (χ0n) is 26.5. The van der Waals surface area contributed by atoms with Gasteiger partial charge in [-0.1, -0.05) is 140 Å². The van der Waals surface area contributed by atoms with Gasteiger partial charge in [0.1, 0.15) is 11.5 Å². The SMILES string of the molecule is c1ccc2c(c1)Oc1c(-c3ccc(-c4cccc5cccnc45)cc3)cccc1C21c2ccccc2-n2c3ccccc3c3cccc1c32. The molecule has 7 aromatic carbocycles. The Labute approximate surface area is 283 Å². The standard InChI is InChI=1S/C46H28N2O/c1-4-21-40-34(13-1)35-16-9-19-38-44(35)48(40)41-22-5-2-17-36(41)46(38)37-18-3-6-23-42(37)49-45-33(15-8-20-39(45)46)30-26-24-29(25-27-30)32-14-7-11-31-12-10-28-47-43(31)32/h1-28H. The highest BCUT2D eigenvalue weighted by Crippen LogP contribution is 2.61. The first-order chi connectivity index (χ1) is 24.3. The molecule has 4 heterocycles. The minimum absolute atomic E-state index is 0.588. The molecule has 0 saturated heterocycles. The molecule has 0 aliphatic carbocycles. The highest BCUT2D eigenvalue weighted by Gasteiger charge is 2.50. The molecule has 1 spiro atoms. The van der Waals surface area contributed by atoms with E-state index in [1.54, 1.807) is 0 Å². The first-order valence-corrected chi connectivity index (χ1v) is 16.8. The fourth-order valence-corrected chi connectivity index (χ4v) is 8.74. The van der Waals surface area contributed by atoms with Crippen LogP contribution in [-0.4, -0.2) is 9.55 Å². The van der Waals surface area contributed by atoms with E-state index >= 15 is 0 Å². The van der Waals surface area contributed by atoms with E-state index in [4.69, 9.17) is 9.72 Å². The monoisotopic (exact) mass is 624 g/mol. The average molecular weight is 625 g/mol. The van der Waals surface area contributed by atoms with E-state index in [0.29, 0.717) is 0 Å². The van der Waals surface area contributed by atoms with Gasteiger partial charge in [0, 0.05) is 44.6 Å². The summed E-state index contributed by atoms with van der Waals surface area (Å²) in [5.41, 5.74) is 13.4. The van der Waals surface area contributed by atoms with E-state index in [0.717, 1.165) is 55.8 Å². The van der Waals surface area contributed by atoms with Crippen molar-refractivity contribution < 1.29 is 4.74 Å². The summed E-state index contributed by atoms with van der Waals surface area (Å²) in [5.74, 6) is 1.79.